The molecule has 0 aliphatic carbocycles. The van der Waals surface area contributed by atoms with Gasteiger partial charge in [-0.15, -0.1) is 4.36 Å². The van der Waals surface area contributed by atoms with Gasteiger partial charge in [0.05, 0.1) is 15.3 Å². The number of amides is 2. The number of halogens is 4. The minimum atomic E-state index is -3.30. The molecule has 1 fully saturated rings. The van der Waals surface area contributed by atoms with Gasteiger partial charge in [-0.2, -0.15) is 0 Å². The summed E-state index contributed by atoms with van der Waals surface area (Å²) >= 11 is 0. The Kier molecular flexibility index (Phi) is 8.66. The third-order valence-electron chi connectivity index (χ3n) is 6.82. The second kappa shape index (κ2) is 11.9. The summed E-state index contributed by atoms with van der Waals surface area (Å²) in [7, 11) is -3.30. The minimum Gasteiger partial charge on any atom is -0.463 e. The van der Waals surface area contributed by atoms with Crippen LogP contribution < -0.4 is 10.2 Å². The van der Waals surface area contributed by atoms with E-state index in [1.54, 1.807) is 11.8 Å². The van der Waals surface area contributed by atoms with Crippen molar-refractivity contribution in [3.63, 3.8) is 0 Å². The standard InChI is InChI=1S/C28H28F4N4O4S/c1-17-22(18-7-9-19(10-8-18)24(29)30)16-33-25(36-13-4-11-28(31,32)12-14-36)23(17)26(37)34-20-5-3-6-21(15-20)41(2,40)35-27(38)39/h3,5-10,15-16,24H,4,11-14H2,1-2H3,(H,34,37)(H,38,39). The summed E-state index contributed by atoms with van der Waals surface area (Å²) in [6.07, 6.45) is -2.11. The normalized spacial score (nSPS) is 16.5. The molecule has 2 amide bonds. The average Bonchev–Trinajstić information content (AvgIpc) is 3.08. The third-order valence-corrected chi connectivity index (χ3v) is 8.45. The van der Waals surface area contributed by atoms with Crippen molar-refractivity contribution >= 4 is 33.2 Å². The molecule has 0 spiro atoms. The van der Waals surface area contributed by atoms with Gasteiger partial charge in [0.2, 0.25) is 5.92 Å². The maximum Gasteiger partial charge on any atom is 0.439 e. The summed E-state index contributed by atoms with van der Waals surface area (Å²) in [6.45, 7) is 1.87. The van der Waals surface area contributed by atoms with E-state index in [9.17, 15) is 31.4 Å². The Balaban J connectivity index is 1.77. The van der Waals surface area contributed by atoms with E-state index in [0.29, 0.717) is 16.7 Å². The molecule has 2 aromatic carbocycles. The first-order valence-electron chi connectivity index (χ1n) is 12.6. The first-order chi connectivity index (χ1) is 19.3. The molecule has 1 aromatic heterocycles. The number of hydrogen-bond acceptors (Lipinski definition) is 5. The van der Waals surface area contributed by atoms with Crippen LogP contribution in [-0.4, -0.2) is 51.6 Å². The molecule has 2 heterocycles. The largest absolute Gasteiger partial charge is 0.463 e. The van der Waals surface area contributed by atoms with E-state index >= 15 is 0 Å². The lowest BCUT2D eigenvalue weighted by molar-refractivity contribution is -0.0102. The number of alkyl halides is 4. The van der Waals surface area contributed by atoms with Crippen molar-refractivity contribution in [3.8, 4) is 11.1 Å². The fourth-order valence-corrected chi connectivity index (χ4v) is 5.76. The Morgan fingerprint density at radius 1 is 1.12 bits per heavy atom. The molecule has 2 N–H and O–H groups in total. The smallest absolute Gasteiger partial charge is 0.439 e. The minimum absolute atomic E-state index is 0.0355. The molecule has 8 nitrogen and oxygen atoms in total. The van der Waals surface area contributed by atoms with Crippen LogP contribution in [0.4, 0.5) is 33.9 Å². The van der Waals surface area contributed by atoms with Crippen LogP contribution in [0.15, 0.2) is 64.0 Å². The number of carboxylic acid groups (broad SMARTS) is 1. The molecule has 1 aliphatic rings. The zero-order valence-corrected chi connectivity index (χ0v) is 23.1. The molecule has 218 valence electrons. The van der Waals surface area contributed by atoms with Crippen molar-refractivity contribution in [1.82, 2.24) is 4.98 Å². The third kappa shape index (κ3) is 7.02. The number of nitrogens with one attached hydrogen (secondary N) is 1. The number of aromatic nitrogens is 1. The van der Waals surface area contributed by atoms with Crippen molar-refractivity contribution in [1.29, 1.82) is 0 Å². The maximum absolute atomic E-state index is 14.1. The number of anilines is 2. The Labute approximate surface area is 234 Å². The van der Waals surface area contributed by atoms with Crippen LogP contribution in [0, 0.1) is 6.92 Å². The number of carbonyl (C=O) groups is 2. The first-order valence-corrected chi connectivity index (χ1v) is 14.6. The van der Waals surface area contributed by atoms with Crippen LogP contribution in [0.2, 0.25) is 0 Å². The van der Waals surface area contributed by atoms with Crippen LogP contribution in [0.25, 0.3) is 11.1 Å². The zero-order chi connectivity index (χ0) is 29.9. The Morgan fingerprint density at radius 2 is 1.83 bits per heavy atom. The van der Waals surface area contributed by atoms with Crippen LogP contribution in [0.3, 0.4) is 0 Å². The van der Waals surface area contributed by atoms with Gasteiger partial charge in [-0.3, -0.25) is 4.79 Å². The fourth-order valence-electron chi connectivity index (χ4n) is 4.68. The van der Waals surface area contributed by atoms with Crippen molar-refractivity contribution < 1.29 is 36.5 Å². The van der Waals surface area contributed by atoms with Gasteiger partial charge in [-0.05, 0) is 42.7 Å². The van der Waals surface area contributed by atoms with Gasteiger partial charge in [0.15, 0.2) is 0 Å². The van der Waals surface area contributed by atoms with Crippen molar-refractivity contribution in [3.05, 3.63) is 71.4 Å². The highest BCUT2D eigenvalue weighted by molar-refractivity contribution is 7.93. The van der Waals surface area contributed by atoms with E-state index in [1.807, 2.05) is 0 Å². The zero-order valence-electron chi connectivity index (χ0n) is 22.2. The number of carbonyl (C=O) groups excluding carboxylic acids is 1. The summed E-state index contributed by atoms with van der Waals surface area (Å²) in [4.78, 5) is 31.0. The van der Waals surface area contributed by atoms with Gasteiger partial charge < -0.3 is 15.3 Å². The van der Waals surface area contributed by atoms with E-state index < -0.39 is 40.5 Å². The molecular formula is C28H28F4N4O4S. The molecule has 1 aliphatic heterocycles. The topological polar surface area (TPSA) is 112 Å². The second-order valence-corrected chi connectivity index (χ2v) is 12.0. The van der Waals surface area contributed by atoms with E-state index in [1.165, 1.54) is 54.7 Å². The predicted molar refractivity (Wildman–Crippen MR) is 148 cm³/mol. The molecule has 1 atom stereocenters. The molecule has 4 rings (SSSR count). The number of hydrogen-bond donors (Lipinski definition) is 2. The quantitative estimate of drug-likeness (QED) is 0.298. The van der Waals surface area contributed by atoms with E-state index in [4.69, 9.17) is 5.11 Å². The van der Waals surface area contributed by atoms with Crippen LogP contribution in [-0.2, 0) is 9.73 Å². The Hall–Kier alpha value is -4.00. The second-order valence-electron chi connectivity index (χ2n) is 9.77. The molecule has 0 radical (unpaired) electrons. The first kappa shape index (κ1) is 30.0. The van der Waals surface area contributed by atoms with Crippen LogP contribution in [0.5, 0.6) is 0 Å². The number of pyridine rings is 1. The molecule has 41 heavy (non-hydrogen) atoms. The highest BCUT2D eigenvalue weighted by Gasteiger charge is 2.33. The lowest BCUT2D eigenvalue weighted by Gasteiger charge is -2.26. The van der Waals surface area contributed by atoms with Gasteiger partial charge in [0, 0.05) is 60.1 Å². The summed E-state index contributed by atoms with van der Waals surface area (Å²) < 4.78 is 70.4. The summed E-state index contributed by atoms with van der Waals surface area (Å²) in [5.41, 5.74) is 1.60. The highest BCUT2D eigenvalue weighted by atomic mass is 32.2. The number of benzene rings is 2. The lowest BCUT2D eigenvalue weighted by atomic mass is 9.97. The molecule has 0 bridgehead atoms. The van der Waals surface area contributed by atoms with Gasteiger partial charge in [-0.1, -0.05) is 30.3 Å². The molecular weight excluding hydrogens is 564 g/mol. The van der Waals surface area contributed by atoms with Crippen molar-refractivity contribution in [2.75, 3.05) is 29.6 Å². The summed E-state index contributed by atoms with van der Waals surface area (Å²) in [6, 6.07) is 11.3. The van der Waals surface area contributed by atoms with Crippen LogP contribution in [0.1, 0.15) is 47.2 Å². The lowest BCUT2D eigenvalue weighted by Crippen LogP contribution is -2.30. The van der Waals surface area contributed by atoms with Gasteiger partial charge >= 0.3 is 6.09 Å². The predicted octanol–water partition coefficient (Wildman–Crippen LogP) is 7.01. The molecule has 3 aromatic rings. The Bertz CT molecular complexity index is 1590. The molecule has 0 saturated carbocycles. The maximum atomic E-state index is 14.1. The SMILES string of the molecule is Cc1c(-c2ccc(C(F)F)cc2)cnc(N2CCCC(F)(F)CC2)c1C(=O)Nc1cccc(S(C)(=O)=NC(=O)O)c1. The highest BCUT2D eigenvalue weighted by Crippen LogP contribution is 2.35. The van der Waals surface area contributed by atoms with Crippen molar-refractivity contribution in [2.45, 2.75) is 43.4 Å². The van der Waals surface area contributed by atoms with E-state index in [2.05, 4.69) is 14.7 Å². The fraction of sp³-hybridized carbons (Fsp3) is 0.321. The van der Waals surface area contributed by atoms with E-state index in [0.717, 1.165) is 6.26 Å². The number of rotatable bonds is 6. The van der Waals surface area contributed by atoms with Crippen LogP contribution >= 0.6 is 0 Å². The summed E-state index contributed by atoms with van der Waals surface area (Å²) in [5, 5.41) is 11.7. The van der Waals surface area contributed by atoms with Crippen molar-refractivity contribution in [2.24, 2.45) is 4.36 Å². The molecule has 13 heteroatoms. The van der Waals surface area contributed by atoms with Gasteiger partial charge in [-0.25, -0.2) is 31.5 Å². The van der Waals surface area contributed by atoms with E-state index in [-0.39, 0.29) is 53.5 Å². The summed E-state index contributed by atoms with van der Waals surface area (Å²) in [5.74, 6) is -3.28. The van der Waals surface area contributed by atoms with Gasteiger partial charge in [0.25, 0.3) is 12.3 Å². The monoisotopic (exact) mass is 592 g/mol. The average molecular weight is 593 g/mol. The molecule has 1 saturated heterocycles. The number of nitrogens with zero attached hydrogens (tertiary/aromatic N) is 3. The Morgan fingerprint density at radius 3 is 2.49 bits per heavy atom. The van der Waals surface area contributed by atoms with Gasteiger partial charge in [0.1, 0.15) is 5.82 Å². The molecule has 1 unspecified atom stereocenters.